The van der Waals surface area contributed by atoms with E-state index in [1.54, 1.807) is 0 Å². The van der Waals surface area contributed by atoms with Crippen LogP contribution in [0.2, 0.25) is 0 Å². The van der Waals surface area contributed by atoms with Crippen molar-refractivity contribution in [3.05, 3.63) is 64.2 Å². The topological polar surface area (TPSA) is 102 Å². The Labute approximate surface area is 119 Å². The number of nitro benzene ring substituents is 1. The lowest BCUT2D eigenvalue weighted by atomic mass is 10.2. The molecule has 110 valence electrons. The molecule has 0 aliphatic heterocycles. The predicted octanol–water partition coefficient (Wildman–Crippen LogP) is 2.07. The van der Waals surface area contributed by atoms with Crippen molar-refractivity contribution in [3.8, 4) is 0 Å². The monoisotopic (exact) mass is 311 g/mol. The van der Waals surface area contributed by atoms with Crippen molar-refractivity contribution in [2.45, 2.75) is 5.75 Å². The van der Waals surface area contributed by atoms with E-state index in [2.05, 4.69) is 9.71 Å². The highest BCUT2D eigenvalue weighted by Gasteiger charge is 2.13. The Bertz CT molecular complexity index is 745. The molecule has 0 saturated heterocycles. The van der Waals surface area contributed by atoms with Gasteiger partial charge in [-0.05, 0) is 17.7 Å². The van der Waals surface area contributed by atoms with Crippen LogP contribution in [0.15, 0.2) is 42.6 Å². The molecular weight excluding hydrogens is 301 g/mol. The van der Waals surface area contributed by atoms with Crippen molar-refractivity contribution in [1.29, 1.82) is 0 Å². The molecule has 2 rings (SSSR count). The van der Waals surface area contributed by atoms with Gasteiger partial charge in [0.1, 0.15) is 0 Å². The first-order valence-electron chi connectivity index (χ1n) is 5.71. The summed E-state index contributed by atoms with van der Waals surface area (Å²) < 4.78 is 38.7. The molecule has 2 aromatic rings. The van der Waals surface area contributed by atoms with Crippen LogP contribution in [0.25, 0.3) is 0 Å². The minimum Gasteiger partial charge on any atom is -0.282 e. The number of benzene rings is 1. The lowest BCUT2D eigenvalue weighted by Gasteiger charge is -2.07. The number of non-ortho nitro benzene ring substituents is 1. The molecule has 0 amide bonds. The lowest BCUT2D eigenvalue weighted by Crippen LogP contribution is -2.15. The molecule has 0 atom stereocenters. The van der Waals surface area contributed by atoms with E-state index < -0.39 is 20.9 Å². The summed E-state index contributed by atoms with van der Waals surface area (Å²) in [6.45, 7) is 0. The fraction of sp³-hybridized carbons (Fsp3) is 0.0833. The van der Waals surface area contributed by atoms with E-state index in [0.29, 0.717) is 5.56 Å². The molecule has 0 aliphatic rings. The summed E-state index contributed by atoms with van der Waals surface area (Å²) in [5.41, 5.74) is 0.410. The molecule has 1 aromatic heterocycles. The van der Waals surface area contributed by atoms with Crippen LogP contribution in [0, 0.1) is 16.1 Å². The second kappa shape index (κ2) is 5.83. The molecular formula is C12H10FN3O4S. The molecule has 0 spiro atoms. The first-order chi connectivity index (χ1) is 9.85. The summed E-state index contributed by atoms with van der Waals surface area (Å²) in [6, 6.07) is 7.45. The van der Waals surface area contributed by atoms with Crippen LogP contribution in [0.1, 0.15) is 5.56 Å². The normalized spacial score (nSPS) is 11.1. The molecule has 0 saturated carbocycles. The SMILES string of the molecule is O=[N+]([O-])c1ccc(CS(=O)(=O)Nc2ccc(F)nc2)cc1. The molecule has 0 aliphatic carbocycles. The lowest BCUT2D eigenvalue weighted by molar-refractivity contribution is -0.384. The van der Waals surface area contributed by atoms with Gasteiger partial charge in [-0.3, -0.25) is 14.8 Å². The van der Waals surface area contributed by atoms with Gasteiger partial charge < -0.3 is 0 Å². The first-order valence-corrected chi connectivity index (χ1v) is 7.36. The van der Waals surface area contributed by atoms with Crippen molar-refractivity contribution in [2.24, 2.45) is 0 Å². The van der Waals surface area contributed by atoms with Crippen LogP contribution < -0.4 is 4.72 Å². The number of nitrogens with one attached hydrogen (secondary N) is 1. The van der Waals surface area contributed by atoms with Crippen molar-refractivity contribution >= 4 is 21.4 Å². The van der Waals surface area contributed by atoms with E-state index in [1.165, 1.54) is 30.3 Å². The van der Waals surface area contributed by atoms with Crippen LogP contribution in [-0.2, 0) is 15.8 Å². The van der Waals surface area contributed by atoms with Crippen molar-refractivity contribution in [1.82, 2.24) is 4.98 Å². The standard InChI is InChI=1S/C12H10FN3O4S/c13-12-6-3-10(7-14-12)15-21(19,20)8-9-1-4-11(5-2-9)16(17)18/h1-7,15H,8H2. The van der Waals surface area contributed by atoms with Gasteiger partial charge in [0.25, 0.3) is 5.69 Å². The summed E-state index contributed by atoms with van der Waals surface area (Å²) in [5, 5.41) is 10.5. The van der Waals surface area contributed by atoms with Gasteiger partial charge in [-0.1, -0.05) is 12.1 Å². The third kappa shape index (κ3) is 4.21. The number of anilines is 1. The third-order valence-electron chi connectivity index (χ3n) is 2.50. The Morgan fingerprint density at radius 1 is 1.19 bits per heavy atom. The largest absolute Gasteiger partial charge is 0.282 e. The second-order valence-corrected chi connectivity index (χ2v) is 5.88. The van der Waals surface area contributed by atoms with E-state index in [9.17, 15) is 22.9 Å². The van der Waals surface area contributed by atoms with Crippen molar-refractivity contribution < 1.29 is 17.7 Å². The first kappa shape index (κ1) is 14.9. The number of rotatable bonds is 5. The van der Waals surface area contributed by atoms with Crippen LogP contribution in [0.4, 0.5) is 15.8 Å². The van der Waals surface area contributed by atoms with Gasteiger partial charge >= 0.3 is 0 Å². The maximum Gasteiger partial charge on any atom is 0.269 e. The van der Waals surface area contributed by atoms with Crippen LogP contribution >= 0.6 is 0 Å². The maximum absolute atomic E-state index is 12.6. The summed E-state index contributed by atoms with van der Waals surface area (Å²) in [4.78, 5) is 13.3. The Balaban J connectivity index is 2.10. The van der Waals surface area contributed by atoms with E-state index in [4.69, 9.17) is 0 Å². The summed E-state index contributed by atoms with van der Waals surface area (Å²) in [7, 11) is -3.72. The van der Waals surface area contributed by atoms with Gasteiger partial charge in [0, 0.05) is 12.1 Å². The Morgan fingerprint density at radius 2 is 1.86 bits per heavy atom. The number of nitrogens with zero attached hydrogens (tertiary/aromatic N) is 2. The zero-order valence-electron chi connectivity index (χ0n) is 10.6. The molecule has 1 heterocycles. The number of hydrogen-bond donors (Lipinski definition) is 1. The van der Waals surface area contributed by atoms with E-state index in [1.807, 2.05) is 0 Å². The zero-order chi connectivity index (χ0) is 15.5. The number of halogens is 1. The van der Waals surface area contributed by atoms with Gasteiger partial charge in [-0.25, -0.2) is 13.4 Å². The minimum absolute atomic E-state index is 0.119. The number of nitro groups is 1. The van der Waals surface area contributed by atoms with Crippen LogP contribution in [0.5, 0.6) is 0 Å². The van der Waals surface area contributed by atoms with Crippen LogP contribution in [0.3, 0.4) is 0 Å². The Hall–Kier alpha value is -2.55. The molecule has 21 heavy (non-hydrogen) atoms. The average molecular weight is 311 g/mol. The summed E-state index contributed by atoms with van der Waals surface area (Å²) in [6.07, 6.45) is 1.06. The van der Waals surface area contributed by atoms with Gasteiger partial charge in [-0.15, -0.1) is 0 Å². The molecule has 0 fully saturated rings. The number of aromatic nitrogens is 1. The quantitative estimate of drug-likeness (QED) is 0.517. The fourth-order valence-corrected chi connectivity index (χ4v) is 2.77. The number of pyridine rings is 1. The predicted molar refractivity (Wildman–Crippen MR) is 73.5 cm³/mol. The van der Waals surface area contributed by atoms with Gasteiger partial charge in [-0.2, -0.15) is 4.39 Å². The number of hydrogen-bond acceptors (Lipinski definition) is 5. The molecule has 9 heteroatoms. The molecule has 0 unspecified atom stereocenters. The van der Waals surface area contributed by atoms with E-state index >= 15 is 0 Å². The molecule has 0 radical (unpaired) electrons. The Kier molecular flexibility index (Phi) is 4.13. The third-order valence-corrected chi connectivity index (χ3v) is 3.76. The average Bonchev–Trinajstić information content (AvgIpc) is 2.41. The van der Waals surface area contributed by atoms with Gasteiger partial charge in [0.2, 0.25) is 16.0 Å². The molecule has 7 nitrogen and oxygen atoms in total. The Morgan fingerprint density at radius 3 is 2.38 bits per heavy atom. The fourth-order valence-electron chi connectivity index (χ4n) is 1.59. The molecule has 0 bridgehead atoms. The number of sulfonamides is 1. The maximum atomic E-state index is 12.6. The molecule has 1 N–H and O–H groups in total. The van der Waals surface area contributed by atoms with Gasteiger partial charge in [0.15, 0.2) is 0 Å². The highest BCUT2D eigenvalue weighted by Crippen LogP contribution is 2.15. The van der Waals surface area contributed by atoms with E-state index in [-0.39, 0.29) is 17.1 Å². The van der Waals surface area contributed by atoms with Crippen molar-refractivity contribution in [2.75, 3.05) is 4.72 Å². The zero-order valence-corrected chi connectivity index (χ0v) is 11.4. The smallest absolute Gasteiger partial charge is 0.269 e. The summed E-state index contributed by atoms with van der Waals surface area (Å²) >= 11 is 0. The summed E-state index contributed by atoms with van der Waals surface area (Å²) in [5.74, 6) is -1.07. The highest BCUT2D eigenvalue weighted by molar-refractivity contribution is 7.91. The van der Waals surface area contributed by atoms with Crippen LogP contribution in [-0.4, -0.2) is 18.3 Å². The van der Waals surface area contributed by atoms with Gasteiger partial charge in [0.05, 0.1) is 22.6 Å². The van der Waals surface area contributed by atoms with Crippen molar-refractivity contribution in [3.63, 3.8) is 0 Å². The highest BCUT2D eigenvalue weighted by atomic mass is 32.2. The molecule has 1 aromatic carbocycles. The second-order valence-electron chi connectivity index (χ2n) is 4.15. The van der Waals surface area contributed by atoms with E-state index in [0.717, 1.165) is 12.3 Å². The minimum atomic E-state index is -3.72.